The fraction of sp³-hybridized carbons (Fsp3) is 0.579. The van der Waals surface area contributed by atoms with Crippen molar-refractivity contribution in [1.29, 1.82) is 0 Å². The van der Waals surface area contributed by atoms with Gasteiger partial charge in [-0.25, -0.2) is 0 Å². The molecule has 2 aliphatic heterocycles. The zero-order valence-corrected chi connectivity index (χ0v) is 14.9. The number of hydrogen-bond donors (Lipinski definition) is 2. The number of carbonyl (C=O) groups excluding carboxylic acids is 1. The van der Waals surface area contributed by atoms with Crippen LogP contribution in [0.5, 0.6) is 0 Å². The Bertz CT molecular complexity index is 760. The predicted octanol–water partition coefficient (Wildman–Crippen LogP) is 2.26. The van der Waals surface area contributed by atoms with Crippen LogP contribution >= 0.6 is 0 Å². The maximum atomic E-state index is 12.9. The number of rotatable bonds is 4. The van der Waals surface area contributed by atoms with Gasteiger partial charge in [0.05, 0.1) is 18.7 Å². The molecule has 1 aromatic heterocycles. The standard InChI is InChI=1S/C19H26N4O2/c1-3-12(2)23-17-7-5-4-6-16(17)18(22-23)19(24)21-13-8-14-10-25-11-15(9-13)20-14/h4-7,12-15,20H,3,8-11H2,1-2H3,(H,21,24). The molecule has 0 saturated carbocycles. The maximum Gasteiger partial charge on any atom is 0.272 e. The summed E-state index contributed by atoms with van der Waals surface area (Å²) in [5.41, 5.74) is 1.56. The number of nitrogens with zero attached hydrogens (tertiary/aromatic N) is 2. The van der Waals surface area contributed by atoms with Crippen molar-refractivity contribution < 1.29 is 9.53 Å². The normalized spacial score (nSPS) is 27.2. The summed E-state index contributed by atoms with van der Waals surface area (Å²) in [5, 5.41) is 12.4. The van der Waals surface area contributed by atoms with Crippen molar-refractivity contribution in [2.75, 3.05) is 13.2 Å². The van der Waals surface area contributed by atoms with E-state index in [2.05, 4.69) is 29.6 Å². The number of hydrogen-bond acceptors (Lipinski definition) is 4. The lowest BCUT2D eigenvalue weighted by Crippen LogP contribution is -2.58. The van der Waals surface area contributed by atoms with Crippen LogP contribution in [0.25, 0.3) is 10.9 Å². The van der Waals surface area contributed by atoms with E-state index in [0.29, 0.717) is 17.8 Å². The number of nitrogens with one attached hydrogen (secondary N) is 2. The fourth-order valence-electron chi connectivity index (χ4n) is 3.97. The minimum Gasteiger partial charge on any atom is -0.378 e. The molecule has 3 heterocycles. The first-order chi connectivity index (χ1) is 12.2. The van der Waals surface area contributed by atoms with Crippen molar-refractivity contribution in [2.24, 2.45) is 0 Å². The molecule has 2 aromatic rings. The summed E-state index contributed by atoms with van der Waals surface area (Å²) in [4.78, 5) is 12.9. The van der Waals surface area contributed by atoms with Gasteiger partial charge in [-0.2, -0.15) is 5.10 Å². The summed E-state index contributed by atoms with van der Waals surface area (Å²) in [5.74, 6) is -0.0656. The lowest BCUT2D eigenvalue weighted by Gasteiger charge is -2.40. The van der Waals surface area contributed by atoms with Crippen molar-refractivity contribution >= 4 is 16.8 Å². The molecule has 3 atom stereocenters. The van der Waals surface area contributed by atoms with Gasteiger partial charge in [-0.1, -0.05) is 25.1 Å². The smallest absolute Gasteiger partial charge is 0.272 e. The van der Waals surface area contributed by atoms with Crippen molar-refractivity contribution in [3.05, 3.63) is 30.0 Å². The number of morpholine rings is 1. The summed E-state index contributed by atoms with van der Waals surface area (Å²) < 4.78 is 7.56. The van der Waals surface area contributed by atoms with E-state index in [4.69, 9.17) is 4.74 Å². The molecule has 3 unspecified atom stereocenters. The Morgan fingerprint density at radius 3 is 2.80 bits per heavy atom. The topological polar surface area (TPSA) is 68.2 Å². The van der Waals surface area contributed by atoms with Gasteiger partial charge in [0.25, 0.3) is 5.91 Å². The van der Waals surface area contributed by atoms with Crippen LogP contribution in [0, 0.1) is 0 Å². The molecule has 1 amide bonds. The number of carbonyl (C=O) groups is 1. The molecule has 2 N–H and O–H groups in total. The highest BCUT2D eigenvalue weighted by Crippen LogP contribution is 2.24. The second-order valence-corrected chi connectivity index (χ2v) is 7.31. The van der Waals surface area contributed by atoms with E-state index in [1.165, 1.54) is 0 Å². The van der Waals surface area contributed by atoms with Gasteiger partial charge in [-0.15, -0.1) is 0 Å². The average Bonchev–Trinajstić information content (AvgIpc) is 3.00. The maximum absolute atomic E-state index is 12.9. The van der Waals surface area contributed by atoms with Gasteiger partial charge in [0.1, 0.15) is 0 Å². The number of para-hydroxylation sites is 1. The highest BCUT2D eigenvalue weighted by atomic mass is 16.5. The van der Waals surface area contributed by atoms with Crippen LogP contribution in [-0.4, -0.2) is 47.0 Å². The monoisotopic (exact) mass is 342 g/mol. The molecular weight excluding hydrogens is 316 g/mol. The van der Waals surface area contributed by atoms with E-state index in [-0.39, 0.29) is 18.0 Å². The van der Waals surface area contributed by atoms with E-state index < -0.39 is 0 Å². The zero-order valence-electron chi connectivity index (χ0n) is 14.9. The third-order valence-corrected chi connectivity index (χ3v) is 5.42. The lowest BCUT2D eigenvalue weighted by molar-refractivity contribution is 0.0148. The number of fused-ring (bicyclic) bond motifs is 3. The van der Waals surface area contributed by atoms with Crippen LogP contribution in [0.2, 0.25) is 0 Å². The highest BCUT2D eigenvalue weighted by molar-refractivity contribution is 6.05. The first-order valence-corrected chi connectivity index (χ1v) is 9.27. The Kier molecular flexibility index (Phi) is 4.48. The van der Waals surface area contributed by atoms with E-state index in [1.807, 2.05) is 28.9 Å². The molecule has 0 radical (unpaired) electrons. The molecule has 2 aliphatic rings. The first-order valence-electron chi connectivity index (χ1n) is 9.27. The molecule has 2 saturated heterocycles. The first kappa shape index (κ1) is 16.5. The van der Waals surface area contributed by atoms with Crippen LogP contribution in [0.1, 0.15) is 49.6 Å². The number of benzene rings is 1. The number of amides is 1. The van der Waals surface area contributed by atoms with Crippen molar-refractivity contribution in [3.8, 4) is 0 Å². The van der Waals surface area contributed by atoms with Gasteiger partial charge in [-0.3, -0.25) is 9.48 Å². The lowest BCUT2D eigenvalue weighted by atomic mass is 9.92. The van der Waals surface area contributed by atoms with Crippen LogP contribution in [0.3, 0.4) is 0 Å². The van der Waals surface area contributed by atoms with Crippen molar-refractivity contribution in [2.45, 2.75) is 57.3 Å². The van der Waals surface area contributed by atoms with Gasteiger partial charge < -0.3 is 15.4 Å². The Balaban J connectivity index is 1.58. The molecule has 1 aromatic carbocycles. The Morgan fingerprint density at radius 2 is 2.08 bits per heavy atom. The molecule has 25 heavy (non-hydrogen) atoms. The minimum absolute atomic E-state index is 0.0656. The largest absolute Gasteiger partial charge is 0.378 e. The third-order valence-electron chi connectivity index (χ3n) is 5.42. The quantitative estimate of drug-likeness (QED) is 0.894. The summed E-state index contributed by atoms with van der Waals surface area (Å²) in [7, 11) is 0. The average molecular weight is 342 g/mol. The minimum atomic E-state index is -0.0656. The van der Waals surface area contributed by atoms with Crippen LogP contribution in [-0.2, 0) is 4.74 Å². The Morgan fingerprint density at radius 1 is 1.36 bits per heavy atom. The summed E-state index contributed by atoms with van der Waals surface area (Å²) >= 11 is 0. The van der Waals surface area contributed by atoms with Gasteiger partial charge >= 0.3 is 0 Å². The van der Waals surface area contributed by atoms with E-state index >= 15 is 0 Å². The highest BCUT2D eigenvalue weighted by Gasteiger charge is 2.33. The molecule has 4 rings (SSSR count). The second kappa shape index (κ2) is 6.77. The molecule has 0 spiro atoms. The van der Waals surface area contributed by atoms with Crippen molar-refractivity contribution in [3.63, 3.8) is 0 Å². The molecule has 6 heteroatoms. The van der Waals surface area contributed by atoms with Gasteiger partial charge in [0, 0.05) is 29.6 Å². The number of piperidine rings is 1. The van der Waals surface area contributed by atoms with E-state index in [1.54, 1.807) is 0 Å². The summed E-state index contributed by atoms with van der Waals surface area (Å²) in [6.07, 6.45) is 2.79. The molecular formula is C19H26N4O2. The molecule has 2 bridgehead atoms. The van der Waals surface area contributed by atoms with E-state index in [9.17, 15) is 4.79 Å². The van der Waals surface area contributed by atoms with Gasteiger partial charge in [0.15, 0.2) is 5.69 Å². The zero-order chi connectivity index (χ0) is 17.4. The van der Waals surface area contributed by atoms with Crippen LogP contribution in [0.15, 0.2) is 24.3 Å². The number of aromatic nitrogens is 2. The second-order valence-electron chi connectivity index (χ2n) is 7.31. The van der Waals surface area contributed by atoms with Crippen molar-refractivity contribution in [1.82, 2.24) is 20.4 Å². The van der Waals surface area contributed by atoms with E-state index in [0.717, 1.165) is 43.4 Å². The fourth-order valence-corrected chi connectivity index (χ4v) is 3.97. The van der Waals surface area contributed by atoms with Crippen LogP contribution in [0.4, 0.5) is 0 Å². The molecule has 134 valence electrons. The van der Waals surface area contributed by atoms with Gasteiger partial charge in [0.2, 0.25) is 0 Å². The SMILES string of the molecule is CCC(C)n1nc(C(=O)NC2CC3COCC(C2)N3)c2ccccc21. The third kappa shape index (κ3) is 3.16. The Labute approximate surface area is 147 Å². The van der Waals surface area contributed by atoms with Gasteiger partial charge in [-0.05, 0) is 32.3 Å². The number of ether oxygens (including phenoxy) is 1. The molecule has 0 aliphatic carbocycles. The molecule has 2 fully saturated rings. The predicted molar refractivity (Wildman–Crippen MR) is 96.8 cm³/mol. The van der Waals surface area contributed by atoms with Crippen LogP contribution < -0.4 is 10.6 Å². The molecule has 6 nitrogen and oxygen atoms in total. The summed E-state index contributed by atoms with van der Waals surface area (Å²) in [6, 6.07) is 9.12. The Hall–Kier alpha value is -1.92. The summed E-state index contributed by atoms with van der Waals surface area (Å²) in [6.45, 7) is 5.73.